The molecule has 0 saturated carbocycles. The predicted octanol–water partition coefficient (Wildman–Crippen LogP) is 2.36. The number of hydrogen-bond acceptors (Lipinski definition) is 4. The zero-order valence-electron chi connectivity index (χ0n) is 11.6. The van der Waals surface area contributed by atoms with Crippen molar-refractivity contribution in [2.75, 3.05) is 11.6 Å². The van der Waals surface area contributed by atoms with Crippen LogP contribution >= 0.6 is 0 Å². The van der Waals surface area contributed by atoms with Crippen molar-refractivity contribution in [2.45, 2.75) is 11.8 Å². The monoisotopic (exact) mass is 305 g/mol. The van der Waals surface area contributed by atoms with Gasteiger partial charge in [-0.1, -0.05) is 12.1 Å². The average Bonchev–Trinajstić information content (AvgIpc) is 2.43. The minimum atomic E-state index is -3.37. The van der Waals surface area contributed by atoms with Gasteiger partial charge in [0.1, 0.15) is 5.75 Å². The van der Waals surface area contributed by atoms with Crippen molar-refractivity contribution in [1.29, 1.82) is 0 Å². The molecular weight excluding hydrogens is 290 g/mol. The Labute approximate surface area is 123 Å². The van der Waals surface area contributed by atoms with Crippen LogP contribution in [0.3, 0.4) is 0 Å². The van der Waals surface area contributed by atoms with E-state index in [-0.39, 0.29) is 16.2 Å². The number of hydrogen-bond donors (Lipinski definition) is 2. The van der Waals surface area contributed by atoms with Gasteiger partial charge in [-0.2, -0.15) is 0 Å². The molecular formula is C15H15NO4S. The highest BCUT2D eigenvalue weighted by molar-refractivity contribution is 7.90. The van der Waals surface area contributed by atoms with E-state index in [0.29, 0.717) is 11.3 Å². The highest BCUT2D eigenvalue weighted by Crippen LogP contribution is 2.24. The minimum Gasteiger partial charge on any atom is -0.508 e. The van der Waals surface area contributed by atoms with Crippen molar-refractivity contribution in [2.24, 2.45) is 0 Å². The van der Waals surface area contributed by atoms with E-state index in [1.807, 2.05) is 0 Å². The Morgan fingerprint density at radius 2 is 1.81 bits per heavy atom. The first kappa shape index (κ1) is 15.1. The van der Waals surface area contributed by atoms with Crippen LogP contribution in [0.25, 0.3) is 0 Å². The molecule has 0 aromatic heterocycles. The molecule has 2 rings (SSSR count). The van der Waals surface area contributed by atoms with Gasteiger partial charge >= 0.3 is 0 Å². The zero-order chi connectivity index (χ0) is 15.6. The number of benzene rings is 2. The molecule has 0 radical (unpaired) electrons. The third kappa shape index (κ3) is 3.41. The summed E-state index contributed by atoms with van der Waals surface area (Å²) in [7, 11) is -3.37. The second-order valence-corrected chi connectivity index (χ2v) is 6.72. The van der Waals surface area contributed by atoms with Gasteiger partial charge in [0.2, 0.25) is 0 Å². The smallest absolute Gasteiger partial charge is 0.255 e. The highest BCUT2D eigenvalue weighted by atomic mass is 32.2. The van der Waals surface area contributed by atoms with E-state index in [1.165, 1.54) is 30.3 Å². The second-order valence-electron chi connectivity index (χ2n) is 4.70. The summed E-state index contributed by atoms with van der Waals surface area (Å²) >= 11 is 0. The molecule has 0 atom stereocenters. The van der Waals surface area contributed by atoms with Gasteiger partial charge in [0.25, 0.3) is 5.91 Å². The van der Waals surface area contributed by atoms with Gasteiger partial charge in [-0.25, -0.2) is 8.42 Å². The summed E-state index contributed by atoms with van der Waals surface area (Å²) in [5.41, 5.74) is 1.26. The lowest BCUT2D eigenvalue weighted by atomic mass is 10.1. The number of carbonyl (C=O) groups is 1. The highest BCUT2D eigenvalue weighted by Gasteiger charge is 2.13. The van der Waals surface area contributed by atoms with E-state index in [2.05, 4.69) is 5.32 Å². The van der Waals surface area contributed by atoms with Gasteiger partial charge in [0, 0.05) is 23.1 Å². The summed E-state index contributed by atoms with van der Waals surface area (Å²) in [6.07, 6.45) is 1.09. The summed E-state index contributed by atoms with van der Waals surface area (Å²) < 4.78 is 23.0. The van der Waals surface area contributed by atoms with Gasteiger partial charge in [-0.15, -0.1) is 0 Å². The van der Waals surface area contributed by atoms with E-state index in [4.69, 9.17) is 0 Å². The van der Waals surface area contributed by atoms with E-state index in [9.17, 15) is 18.3 Å². The third-order valence-electron chi connectivity index (χ3n) is 3.08. The number of nitrogens with one attached hydrogen (secondary N) is 1. The first-order valence-corrected chi connectivity index (χ1v) is 8.08. The number of rotatable bonds is 3. The summed E-state index contributed by atoms with van der Waals surface area (Å²) in [5, 5.41) is 12.3. The van der Waals surface area contributed by atoms with Crippen molar-refractivity contribution in [1.82, 2.24) is 0 Å². The van der Waals surface area contributed by atoms with Crippen molar-refractivity contribution >= 4 is 21.4 Å². The lowest BCUT2D eigenvalue weighted by Crippen LogP contribution is -2.13. The van der Waals surface area contributed by atoms with Gasteiger partial charge in [-0.3, -0.25) is 4.79 Å². The number of carbonyl (C=O) groups excluding carboxylic acids is 1. The van der Waals surface area contributed by atoms with E-state index in [1.54, 1.807) is 19.1 Å². The molecule has 0 saturated heterocycles. The fourth-order valence-corrected chi connectivity index (χ4v) is 2.49. The normalized spacial score (nSPS) is 11.1. The first-order chi connectivity index (χ1) is 9.79. The molecule has 0 bridgehead atoms. The van der Waals surface area contributed by atoms with Crippen molar-refractivity contribution in [3.8, 4) is 5.75 Å². The Morgan fingerprint density at radius 1 is 1.14 bits per heavy atom. The molecule has 2 aromatic carbocycles. The van der Waals surface area contributed by atoms with Crippen LogP contribution < -0.4 is 5.32 Å². The van der Waals surface area contributed by atoms with Gasteiger partial charge in [0.05, 0.1) is 4.90 Å². The largest absolute Gasteiger partial charge is 0.508 e. The zero-order valence-corrected chi connectivity index (χ0v) is 12.4. The van der Waals surface area contributed by atoms with Crippen LogP contribution in [0, 0.1) is 6.92 Å². The molecule has 0 spiro atoms. The average molecular weight is 305 g/mol. The predicted molar refractivity (Wildman–Crippen MR) is 80.3 cm³/mol. The topological polar surface area (TPSA) is 83.5 Å². The number of anilines is 1. The summed E-state index contributed by atoms with van der Waals surface area (Å²) in [5.74, 6) is -0.355. The molecule has 1 amide bonds. The van der Waals surface area contributed by atoms with Crippen LogP contribution in [-0.4, -0.2) is 25.7 Å². The first-order valence-electron chi connectivity index (χ1n) is 6.19. The van der Waals surface area contributed by atoms with E-state index in [0.717, 1.165) is 6.26 Å². The van der Waals surface area contributed by atoms with Crippen LogP contribution in [0.1, 0.15) is 15.9 Å². The van der Waals surface area contributed by atoms with Gasteiger partial charge < -0.3 is 10.4 Å². The van der Waals surface area contributed by atoms with Crippen LogP contribution in [-0.2, 0) is 9.84 Å². The summed E-state index contributed by atoms with van der Waals surface area (Å²) in [4.78, 5) is 12.3. The lowest BCUT2D eigenvalue weighted by molar-refractivity contribution is 0.102. The van der Waals surface area contributed by atoms with Gasteiger partial charge in [-0.05, 0) is 37.3 Å². The number of phenols is 1. The molecule has 21 heavy (non-hydrogen) atoms. The minimum absolute atomic E-state index is 0.0812. The number of aromatic hydroxyl groups is 1. The SMILES string of the molecule is Cc1c(O)cccc1NC(=O)c1cccc(S(C)(=O)=O)c1. The third-order valence-corrected chi connectivity index (χ3v) is 4.19. The molecule has 0 unspecified atom stereocenters. The molecule has 6 heteroatoms. The van der Waals surface area contributed by atoms with Crippen molar-refractivity contribution in [3.05, 3.63) is 53.6 Å². The van der Waals surface area contributed by atoms with Crippen LogP contribution in [0.4, 0.5) is 5.69 Å². The quantitative estimate of drug-likeness (QED) is 0.912. The maximum atomic E-state index is 12.2. The Balaban J connectivity index is 2.31. The van der Waals surface area contributed by atoms with Gasteiger partial charge in [0.15, 0.2) is 9.84 Å². The Hall–Kier alpha value is -2.34. The fraction of sp³-hybridized carbons (Fsp3) is 0.133. The molecule has 0 fully saturated rings. The van der Waals surface area contributed by atoms with E-state index < -0.39 is 15.7 Å². The maximum absolute atomic E-state index is 12.2. The number of amides is 1. The number of phenolic OH excluding ortho intramolecular Hbond substituents is 1. The Bertz CT molecular complexity index is 797. The van der Waals surface area contributed by atoms with Crippen molar-refractivity contribution < 1.29 is 18.3 Å². The lowest BCUT2D eigenvalue weighted by Gasteiger charge is -2.10. The van der Waals surface area contributed by atoms with Crippen LogP contribution in [0.5, 0.6) is 5.75 Å². The molecule has 0 aliphatic rings. The molecule has 110 valence electrons. The molecule has 5 nitrogen and oxygen atoms in total. The summed E-state index contributed by atoms with van der Waals surface area (Å²) in [6.45, 7) is 1.68. The Kier molecular flexibility index (Phi) is 3.99. The van der Waals surface area contributed by atoms with Crippen LogP contribution in [0.2, 0.25) is 0 Å². The molecule has 0 heterocycles. The molecule has 0 aliphatic heterocycles. The fourth-order valence-electron chi connectivity index (χ4n) is 1.82. The van der Waals surface area contributed by atoms with Crippen LogP contribution in [0.15, 0.2) is 47.4 Å². The van der Waals surface area contributed by atoms with Crippen molar-refractivity contribution in [3.63, 3.8) is 0 Å². The molecule has 2 aromatic rings. The summed E-state index contributed by atoms with van der Waals surface area (Å²) in [6, 6.07) is 10.6. The number of sulfone groups is 1. The molecule has 0 aliphatic carbocycles. The second kappa shape index (κ2) is 5.57. The van der Waals surface area contributed by atoms with E-state index >= 15 is 0 Å². The molecule has 2 N–H and O–H groups in total. The Morgan fingerprint density at radius 3 is 2.48 bits per heavy atom. The maximum Gasteiger partial charge on any atom is 0.255 e. The standard InChI is InChI=1S/C15H15NO4S/c1-10-13(7-4-8-14(10)17)16-15(18)11-5-3-6-12(9-11)21(2,19)20/h3-9,17H,1-2H3,(H,16,18).